The zero-order valence-corrected chi connectivity index (χ0v) is 18.3. The molecule has 2 aromatic carbocycles. The molecule has 0 saturated heterocycles. The molecule has 1 aromatic heterocycles. The maximum absolute atomic E-state index is 13.3. The first-order chi connectivity index (χ1) is 14.4. The van der Waals surface area contributed by atoms with E-state index >= 15 is 0 Å². The lowest BCUT2D eigenvalue weighted by atomic mass is 9.85. The molecule has 0 saturated carbocycles. The van der Waals surface area contributed by atoms with Crippen molar-refractivity contribution in [1.29, 1.82) is 0 Å². The second-order valence-electron chi connectivity index (χ2n) is 7.77. The number of aromatic nitrogens is 1. The number of benzene rings is 2. The Bertz CT molecular complexity index is 1190. The monoisotopic (exact) mass is 409 g/mol. The van der Waals surface area contributed by atoms with Gasteiger partial charge in [-0.25, -0.2) is 0 Å². The van der Waals surface area contributed by atoms with Gasteiger partial charge in [0.25, 0.3) is 5.56 Å². The Hall–Kier alpha value is -3.15. The molecule has 3 aromatic rings. The van der Waals surface area contributed by atoms with Crippen LogP contribution in [0.25, 0.3) is 22.0 Å². The van der Waals surface area contributed by atoms with Crippen molar-refractivity contribution in [2.45, 2.75) is 32.8 Å². The second-order valence-corrected chi connectivity index (χ2v) is 7.77. The molecule has 1 aliphatic carbocycles. The summed E-state index contributed by atoms with van der Waals surface area (Å²) in [5.41, 5.74) is 4.11. The Kier molecular flexibility index (Phi) is 5.10. The molecule has 0 bridgehead atoms. The number of rotatable bonds is 5. The number of ether oxygens (including phenoxy) is 4. The number of hydrogen-bond acceptors (Lipinski definition) is 5. The molecule has 0 aliphatic heterocycles. The highest BCUT2D eigenvalue weighted by atomic mass is 16.5. The van der Waals surface area contributed by atoms with E-state index in [0.717, 1.165) is 46.4 Å². The fourth-order valence-electron chi connectivity index (χ4n) is 4.31. The highest BCUT2D eigenvalue weighted by Crippen LogP contribution is 2.43. The summed E-state index contributed by atoms with van der Waals surface area (Å²) in [6.45, 7) is 3.98. The molecule has 1 aliphatic rings. The van der Waals surface area contributed by atoms with Gasteiger partial charge in [-0.05, 0) is 67.5 Å². The first-order valence-electron chi connectivity index (χ1n) is 10.0. The Morgan fingerprint density at radius 1 is 0.833 bits per heavy atom. The zero-order valence-electron chi connectivity index (χ0n) is 18.3. The van der Waals surface area contributed by atoms with Crippen LogP contribution < -0.4 is 24.5 Å². The Balaban J connectivity index is 2.03. The summed E-state index contributed by atoms with van der Waals surface area (Å²) in [4.78, 5) is 13.3. The van der Waals surface area contributed by atoms with Gasteiger partial charge in [-0.1, -0.05) is 0 Å². The van der Waals surface area contributed by atoms with Gasteiger partial charge in [-0.15, -0.1) is 0 Å². The van der Waals surface area contributed by atoms with Crippen LogP contribution in [0.2, 0.25) is 0 Å². The van der Waals surface area contributed by atoms with E-state index in [4.69, 9.17) is 18.9 Å². The van der Waals surface area contributed by atoms with Crippen LogP contribution >= 0.6 is 0 Å². The fraction of sp³-hybridized carbons (Fsp3) is 0.375. The molecule has 0 spiro atoms. The molecular weight excluding hydrogens is 382 g/mol. The number of nitrogens with zero attached hydrogens (tertiary/aromatic N) is 1. The van der Waals surface area contributed by atoms with Gasteiger partial charge in [0.05, 0.1) is 38.5 Å². The van der Waals surface area contributed by atoms with Gasteiger partial charge in [0, 0.05) is 12.6 Å². The standard InChI is InChI=1S/C24H27NO5/c1-13(2)30-22-9-14-7-8-15-17-11-19(27-4)20(28-5)12-18(17)24(26)25(3)23(15)16(14)10-21(22)29-6/h9-13H,7-8H2,1-6H3. The molecule has 1 heterocycles. The van der Waals surface area contributed by atoms with Gasteiger partial charge in [0.15, 0.2) is 23.0 Å². The van der Waals surface area contributed by atoms with E-state index in [1.165, 1.54) is 0 Å². The van der Waals surface area contributed by atoms with Crippen LogP contribution in [0.4, 0.5) is 0 Å². The van der Waals surface area contributed by atoms with Gasteiger partial charge < -0.3 is 23.5 Å². The van der Waals surface area contributed by atoms with E-state index in [9.17, 15) is 4.79 Å². The molecule has 158 valence electrons. The largest absolute Gasteiger partial charge is 0.493 e. The summed E-state index contributed by atoms with van der Waals surface area (Å²) in [5.74, 6) is 2.56. The predicted octanol–water partition coefficient (Wildman–Crippen LogP) is 4.12. The van der Waals surface area contributed by atoms with Crippen molar-refractivity contribution in [3.63, 3.8) is 0 Å². The second kappa shape index (κ2) is 7.59. The highest BCUT2D eigenvalue weighted by Gasteiger charge is 2.26. The van der Waals surface area contributed by atoms with Crippen molar-refractivity contribution in [2.75, 3.05) is 21.3 Å². The first-order valence-corrected chi connectivity index (χ1v) is 10.0. The van der Waals surface area contributed by atoms with Crippen molar-refractivity contribution in [2.24, 2.45) is 7.05 Å². The molecular formula is C24H27NO5. The zero-order chi connectivity index (χ0) is 21.6. The van der Waals surface area contributed by atoms with Crippen LogP contribution in [-0.2, 0) is 19.9 Å². The average molecular weight is 409 g/mol. The Labute approximate surface area is 175 Å². The van der Waals surface area contributed by atoms with Gasteiger partial charge in [-0.2, -0.15) is 0 Å². The van der Waals surface area contributed by atoms with E-state index in [1.54, 1.807) is 32.0 Å². The number of aryl methyl sites for hydroxylation is 2. The topological polar surface area (TPSA) is 58.9 Å². The lowest BCUT2D eigenvalue weighted by Crippen LogP contribution is -2.23. The van der Waals surface area contributed by atoms with Crippen molar-refractivity contribution in [1.82, 2.24) is 4.57 Å². The van der Waals surface area contributed by atoms with Crippen LogP contribution in [0.15, 0.2) is 29.1 Å². The van der Waals surface area contributed by atoms with Crippen LogP contribution in [0, 0.1) is 0 Å². The quantitative estimate of drug-likeness (QED) is 0.635. The first kappa shape index (κ1) is 20.1. The molecule has 6 nitrogen and oxygen atoms in total. The van der Waals surface area contributed by atoms with E-state index in [2.05, 4.69) is 0 Å². The molecule has 30 heavy (non-hydrogen) atoms. The Morgan fingerprint density at radius 2 is 1.43 bits per heavy atom. The summed E-state index contributed by atoms with van der Waals surface area (Å²) in [6, 6.07) is 7.71. The van der Waals surface area contributed by atoms with Crippen LogP contribution in [0.3, 0.4) is 0 Å². The van der Waals surface area contributed by atoms with E-state index in [-0.39, 0.29) is 11.7 Å². The van der Waals surface area contributed by atoms with Gasteiger partial charge in [0.2, 0.25) is 0 Å². The number of pyridine rings is 1. The maximum atomic E-state index is 13.3. The van der Waals surface area contributed by atoms with E-state index in [1.807, 2.05) is 39.1 Å². The Morgan fingerprint density at radius 3 is 2.03 bits per heavy atom. The molecule has 6 heteroatoms. The molecule has 0 unspecified atom stereocenters. The van der Waals surface area contributed by atoms with E-state index in [0.29, 0.717) is 22.6 Å². The number of methoxy groups -OCH3 is 3. The number of hydrogen-bond donors (Lipinski definition) is 0. The van der Waals surface area contributed by atoms with Gasteiger partial charge in [0.1, 0.15) is 0 Å². The molecule has 0 fully saturated rings. The van der Waals surface area contributed by atoms with E-state index < -0.39 is 0 Å². The molecule has 0 atom stereocenters. The lowest BCUT2D eigenvalue weighted by Gasteiger charge is -2.26. The molecule has 0 amide bonds. The highest BCUT2D eigenvalue weighted by molar-refractivity contribution is 5.94. The fourth-order valence-corrected chi connectivity index (χ4v) is 4.31. The summed E-state index contributed by atoms with van der Waals surface area (Å²) in [7, 11) is 6.63. The van der Waals surface area contributed by atoms with Crippen molar-refractivity contribution >= 4 is 10.8 Å². The smallest absolute Gasteiger partial charge is 0.258 e. The van der Waals surface area contributed by atoms with Crippen LogP contribution in [0.5, 0.6) is 23.0 Å². The third kappa shape index (κ3) is 3.07. The summed E-state index contributed by atoms with van der Waals surface area (Å²) in [6.07, 6.45) is 1.71. The predicted molar refractivity (Wildman–Crippen MR) is 117 cm³/mol. The summed E-state index contributed by atoms with van der Waals surface area (Å²) in [5, 5.41) is 1.53. The van der Waals surface area contributed by atoms with Crippen LogP contribution in [0.1, 0.15) is 25.0 Å². The minimum atomic E-state index is -0.0703. The average Bonchev–Trinajstić information content (AvgIpc) is 2.74. The third-order valence-electron chi connectivity index (χ3n) is 5.66. The molecule has 0 N–H and O–H groups in total. The molecule has 4 rings (SSSR count). The van der Waals surface area contributed by atoms with Crippen LogP contribution in [-0.4, -0.2) is 32.0 Å². The SMILES string of the molecule is COc1cc2c3c(n(C)c(=O)c2cc1OC)-c1cc(OC)c(OC(C)C)cc1CC3. The van der Waals surface area contributed by atoms with Crippen molar-refractivity contribution in [3.05, 3.63) is 45.7 Å². The number of fused-ring (bicyclic) bond motifs is 5. The van der Waals surface area contributed by atoms with Crippen molar-refractivity contribution in [3.8, 4) is 34.3 Å². The minimum Gasteiger partial charge on any atom is -0.493 e. The maximum Gasteiger partial charge on any atom is 0.258 e. The molecule has 0 radical (unpaired) electrons. The summed E-state index contributed by atoms with van der Waals surface area (Å²) >= 11 is 0. The normalized spacial score (nSPS) is 12.5. The van der Waals surface area contributed by atoms with Crippen molar-refractivity contribution < 1.29 is 18.9 Å². The van der Waals surface area contributed by atoms with Gasteiger partial charge in [-0.3, -0.25) is 4.79 Å². The van der Waals surface area contributed by atoms with Gasteiger partial charge >= 0.3 is 0 Å². The summed E-state index contributed by atoms with van der Waals surface area (Å²) < 4.78 is 24.2. The third-order valence-corrected chi connectivity index (χ3v) is 5.66. The lowest BCUT2D eigenvalue weighted by molar-refractivity contribution is 0.230. The minimum absolute atomic E-state index is 0.0450.